The van der Waals surface area contributed by atoms with Crippen molar-refractivity contribution in [1.29, 1.82) is 0 Å². The minimum atomic E-state index is -3.57. The van der Waals surface area contributed by atoms with E-state index in [1.165, 1.54) is 22.6 Å². The van der Waals surface area contributed by atoms with Crippen molar-refractivity contribution in [3.63, 3.8) is 0 Å². The largest absolute Gasteiger partial charge is 0.326 e. The monoisotopic (exact) mass is 344 g/mol. The number of nitrogens with one attached hydrogen (secondary N) is 1. The molecule has 0 atom stereocenters. The Hall–Kier alpha value is -0.920. The molecule has 0 unspecified atom stereocenters. The molecule has 7 heteroatoms. The first kappa shape index (κ1) is 16.5. The van der Waals surface area contributed by atoms with Crippen LogP contribution in [-0.4, -0.2) is 8.42 Å². The topological polar surface area (TPSA) is 72.2 Å². The minimum Gasteiger partial charge on any atom is -0.326 e. The number of benzene rings is 1. The van der Waals surface area contributed by atoms with Gasteiger partial charge in [-0.15, -0.1) is 11.3 Å². The van der Waals surface area contributed by atoms with Crippen molar-refractivity contribution in [2.75, 3.05) is 0 Å². The smallest absolute Gasteiger partial charge is 0.240 e. The Morgan fingerprint density at radius 1 is 1.29 bits per heavy atom. The standard InChI is InChI=1S/C14H17ClN2O2S2/c1-9-5-12(20-10(9)2)8-17-21(18,19)13-3-4-14(15)11(6-13)7-16/h3-6,17H,7-8,16H2,1-2H3. The van der Waals surface area contributed by atoms with Gasteiger partial charge in [-0.25, -0.2) is 13.1 Å². The number of halogens is 1. The van der Waals surface area contributed by atoms with Crippen LogP contribution in [0.5, 0.6) is 0 Å². The molecule has 1 aromatic heterocycles. The molecular formula is C14H17ClN2O2S2. The van der Waals surface area contributed by atoms with Gasteiger partial charge in [-0.3, -0.25) is 0 Å². The Balaban J connectivity index is 2.18. The second-order valence-electron chi connectivity index (χ2n) is 4.73. The predicted octanol–water partition coefficient (Wildman–Crippen LogP) is 2.96. The summed E-state index contributed by atoms with van der Waals surface area (Å²) in [7, 11) is -3.57. The zero-order valence-electron chi connectivity index (χ0n) is 11.8. The zero-order valence-corrected chi connectivity index (χ0v) is 14.2. The molecule has 0 radical (unpaired) electrons. The Morgan fingerprint density at radius 3 is 2.57 bits per heavy atom. The molecule has 0 saturated carbocycles. The summed E-state index contributed by atoms with van der Waals surface area (Å²) >= 11 is 7.54. The fraction of sp³-hybridized carbons (Fsp3) is 0.286. The molecule has 0 amide bonds. The van der Waals surface area contributed by atoms with Crippen LogP contribution < -0.4 is 10.5 Å². The van der Waals surface area contributed by atoms with Crippen molar-refractivity contribution >= 4 is 33.0 Å². The molecule has 0 aliphatic heterocycles. The zero-order chi connectivity index (χ0) is 15.6. The van der Waals surface area contributed by atoms with Crippen LogP contribution in [0.3, 0.4) is 0 Å². The van der Waals surface area contributed by atoms with Crippen LogP contribution in [0.4, 0.5) is 0 Å². The maximum absolute atomic E-state index is 12.3. The minimum absolute atomic E-state index is 0.178. The summed E-state index contributed by atoms with van der Waals surface area (Å²) in [5.41, 5.74) is 7.33. The van der Waals surface area contributed by atoms with Crippen molar-refractivity contribution in [2.24, 2.45) is 5.73 Å². The molecule has 3 N–H and O–H groups in total. The molecule has 0 fully saturated rings. The van der Waals surface area contributed by atoms with Gasteiger partial charge in [0.1, 0.15) is 0 Å². The third-order valence-electron chi connectivity index (χ3n) is 3.20. The van der Waals surface area contributed by atoms with E-state index >= 15 is 0 Å². The maximum atomic E-state index is 12.3. The molecule has 4 nitrogen and oxygen atoms in total. The molecule has 1 aromatic carbocycles. The average molecular weight is 345 g/mol. The summed E-state index contributed by atoms with van der Waals surface area (Å²) in [5.74, 6) is 0. The number of nitrogens with two attached hydrogens (primary N) is 1. The second kappa shape index (κ2) is 6.46. The second-order valence-corrected chi connectivity index (χ2v) is 8.25. The Labute approximate surface area is 134 Å². The lowest BCUT2D eigenvalue weighted by Gasteiger charge is -2.08. The van der Waals surface area contributed by atoms with Crippen LogP contribution >= 0.6 is 22.9 Å². The highest BCUT2D eigenvalue weighted by Crippen LogP contribution is 2.22. The lowest BCUT2D eigenvalue weighted by Crippen LogP contribution is -2.23. The van der Waals surface area contributed by atoms with Gasteiger partial charge in [0, 0.05) is 27.9 Å². The summed E-state index contributed by atoms with van der Waals surface area (Å²) in [4.78, 5) is 2.36. The van der Waals surface area contributed by atoms with Gasteiger partial charge in [-0.1, -0.05) is 11.6 Å². The number of hydrogen-bond acceptors (Lipinski definition) is 4. The molecule has 0 saturated heterocycles. The summed E-state index contributed by atoms with van der Waals surface area (Å²) in [5, 5.41) is 0.473. The Kier molecular flexibility index (Phi) is 5.06. The van der Waals surface area contributed by atoms with Gasteiger partial charge in [-0.05, 0) is 49.2 Å². The normalized spacial score (nSPS) is 11.8. The van der Waals surface area contributed by atoms with Crippen molar-refractivity contribution in [3.05, 3.63) is 50.2 Å². The number of rotatable bonds is 5. The molecule has 0 bridgehead atoms. The average Bonchev–Trinajstić information content (AvgIpc) is 2.76. The lowest BCUT2D eigenvalue weighted by atomic mass is 10.2. The van der Waals surface area contributed by atoms with Gasteiger partial charge in [-0.2, -0.15) is 0 Å². The molecule has 0 aliphatic carbocycles. The van der Waals surface area contributed by atoms with Gasteiger partial charge < -0.3 is 5.73 Å². The first-order valence-electron chi connectivity index (χ1n) is 6.37. The molecule has 21 heavy (non-hydrogen) atoms. The van der Waals surface area contributed by atoms with Crippen molar-refractivity contribution in [2.45, 2.75) is 31.8 Å². The first-order valence-corrected chi connectivity index (χ1v) is 9.05. The van der Waals surface area contributed by atoms with E-state index in [-0.39, 0.29) is 18.0 Å². The summed E-state index contributed by atoms with van der Waals surface area (Å²) in [6.45, 7) is 4.51. The van der Waals surface area contributed by atoms with Crippen molar-refractivity contribution < 1.29 is 8.42 Å². The number of sulfonamides is 1. The molecular weight excluding hydrogens is 328 g/mol. The highest BCUT2D eigenvalue weighted by atomic mass is 35.5. The van der Waals surface area contributed by atoms with E-state index in [2.05, 4.69) is 4.72 Å². The van der Waals surface area contributed by atoms with E-state index in [4.69, 9.17) is 17.3 Å². The number of thiophene rings is 1. The fourth-order valence-electron chi connectivity index (χ4n) is 1.86. The van der Waals surface area contributed by atoms with Gasteiger partial charge in [0.25, 0.3) is 0 Å². The van der Waals surface area contributed by atoms with E-state index in [9.17, 15) is 8.42 Å². The van der Waals surface area contributed by atoms with Crippen molar-refractivity contribution in [1.82, 2.24) is 4.72 Å². The van der Waals surface area contributed by atoms with Crippen LogP contribution in [0, 0.1) is 13.8 Å². The van der Waals surface area contributed by atoms with Crippen LogP contribution in [-0.2, 0) is 23.1 Å². The van der Waals surface area contributed by atoms with E-state index < -0.39 is 10.0 Å². The lowest BCUT2D eigenvalue weighted by molar-refractivity contribution is 0.581. The molecule has 2 aromatic rings. The van der Waals surface area contributed by atoms with E-state index in [1.54, 1.807) is 17.4 Å². The molecule has 2 rings (SSSR count). The molecule has 0 aliphatic rings. The molecule has 114 valence electrons. The van der Waals surface area contributed by atoms with E-state index in [0.717, 1.165) is 4.88 Å². The van der Waals surface area contributed by atoms with Gasteiger partial charge in [0.05, 0.1) is 4.90 Å². The summed E-state index contributed by atoms with van der Waals surface area (Å²) in [6, 6.07) is 6.54. The van der Waals surface area contributed by atoms with Crippen LogP contribution in [0.25, 0.3) is 0 Å². The van der Waals surface area contributed by atoms with Crippen LogP contribution in [0.15, 0.2) is 29.2 Å². The molecule has 0 spiro atoms. The molecule has 1 heterocycles. The Bertz CT molecular complexity index is 735. The Morgan fingerprint density at radius 2 is 2.00 bits per heavy atom. The third-order valence-corrected chi connectivity index (χ3v) is 6.12. The highest BCUT2D eigenvalue weighted by Gasteiger charge is 2.16. The quantitative estimate of drug-likeness (QED) is 0.875. The number of aryl methyl sites for hydroxylation is 2. The third kappa shape index (κ3) is 3.84. The summed E-state index contributed by atoms with van der Waals surface area (Å²) < 4.78 is 27.2. The van der Waals surface area contributed by atoms with Crippen LogP contribution in [0.2, 0.25) is 5.02 Å². The van der Waals surface area contributed by atoms with E-state index in [0.29, 0.717) is 10.6 Å². The highest BCUT2D eigenvalue weighted by molar-refractivity contribution is 7.89. The van der Waals surface area contributed by atoms with Crippen molar-refractivity contribution in [3.8, 4) is 0 Å². The number of hydrogen-bond donors (Lipinski definition) is 2. The fourth-order valence-corrected chi connectivity index (χ4v) is 4.20. The maximum Gasteiger partial charge on any atom is 0.240 e. The first-order chi connectivity index (χ1) is 9.83. The summed E-state index contributed by atoms with van der Waals surface area (Å²) in [6.07, 6.45) is 0. The van der Waals surface area contributed by atoms with Gasteiger partial charge >= 0.3 is 0 Å². The van der Waals surface area contributed by atoms with Gasteiger partial charge in [0.2, 0.25) is 10.0 Å². The predicted molar refractivity (Wildman–Crippen MR) is 87.2 cm³/mol. The van der Waals surface area contributed by atoms with Gasteiger partial charge in [0.15, 0.2) is 0 Å². The SMILES string of the molecule is Cc1cc(CNS(=O)(=O)c2ccc(Cl)c(CN)c2)sc1C. The van der Waals surface area contributed by atoms with Crippen LogP contribution in [0.1, 0.15) is 20.9 Å². The van der Waals surface area contributed by atoms with E-state index in [1.807, 2.05) is 19.9 Å².